The third kappa shape index (κ3) is 3.22. The SMILES string of the molecule is C=CCOCc1ccccc1C(=O)OC. The van der Waals surface area contributed by atoms with Gasteiger partial charge in [-0.05, 0) is 11.6 Å². The molecule has 0 radical (unpaired) electrons. The molecule has 80 valence electrons. The molecule has 3 heteroatoms. The maximum Gasteiger partial charge on any atom is 0.338 e. The zero-order valence-corrected chi connectivity index (χ0v) is 8.73. The summed E-state index contributed by atoms with van der Waals surface area (Å²) in [6, 6.07) is 7.22. The van der Waals surface area contributed by atoms with E-state index < -0.39 is 0 Å². The molecule has 1 aromatic rings. The molecule has 1 aromatic carbocycles. The Labute approximate surface area is 89.3 Å². The fourth-order valence-corrected chi connectivity index (χ4v) is 1.21. The van der Waals surface area contributed by atoms with Gasteiger partial charge in [-0.15, -0.1) is 6.58 Å². The Morgan fingerprint density at radius 3 is 2.87 bits per heavy atom. The summed E-state index contributed by atoms with van der Waals surface area (Å²) in [6.07, 6.45) is 1.67. The zero-order valence-electron chi connectivity index (χ0n) is 8.73. The van der Waals surface area contributed by atoms with Crippen LogP contribution in [-0.2, 0) is 16.1 Å². The van der Waals surface area contributed by atoms with E-state index >= 15 is 0 Å². The van der Waals surface area contributed by atoms with Crippen molar-refractivity contribution >= 4 is 5.97 Å². The van der Waals surface area contributed by atoms with Crippen molar-refractivity contribution in [3.63, 3.8) is 0 Å². The van der Waals surface area contributed by atoms with Crippen LogP contribution >= 0.6 is 0 Å². The van der Waals surface area contributed by atoms with E-state index in [0.29, 0.717) is 18.8 Å². The highest BCUT2D eigenvalue weighted by atomic mass is 16.5. The molecule has 0 bridgehead atoms. The van der Waals surface area contributed by atoms with E-state index in [1.807, 2.05) is 12.1 Å². The number of carbonyl (C=O) groups excluding carboxylic acids is 1. The molecule has 0 aliphatic rings. The average Bonchev–Trinajstić information content (AvgIpc) is 2.29. The highest BCUT2D eigenvalue weighted by Crippen LogP contribution is 2.11. The smallest absolute Gasteiger partial charge is 0.338 e. The Balaban J connectivity index is 2.76. The number of esters is 1. The number of hydrogen-bond donors (Lipinski definition) is 0. The van der Waals surface area contributed by atoms with Gasteiger partial charge in [0.05, 0.1) is 25.9 Å². The summed E-state index contributed by atoms with van der Waals surface area (Å²) < 4.78 is 9.95. The zero-order chi connectivity index (χ0) is 11.1. The lowest BCUT2D eigenvalue weighted by Crippen LogP contribution is -2.06. The van der Waals surface area contributed by atoms with Crippen LogP contribution in [0.5, 0.6) is 0 Å². The van der Waals surface area contributed by atoms with Crippen LogP contribution in [-0.4, -0.2) is 19.7 Å². The van der Waals surface area contributed by atoms with Crippen molar-refractivity contribution in [2.45, 2.75) is 6.61 Å². The largest absolute Gasteiger partial charge is 0.465 e. The van der Waals surface area contributed by atoms with Gasteiger partial charge in [-0.3, -0.25) is 0 Å². The average molecular weight is 206 g/mol. The molecule has 3 nitrogen and oxygen atoms in total. The van der Waals surface area contributed by atoms with Crippen molar-refractivity contribution in [2.24, 2.45) is 0 Å². The van der Waals surface area contributed by atoms with Crippen molar-refractivity contribution in [1.82, 2.24) is 0 Å². The van der Waals surface area contributed by atoms with Gasteiger partial charge in [0, 0.05) is 0 Å². The van der Waals surface area contributed by atoms with E-state index in [0.717, 1.165) is 5.56 Å². The molecule has 1 rings (SSSR count). The number of carbonyl (C=O) groups is 1. The van der Waals surface area contributed by atoms with Crippen LogP contribution in [0, 0.1) is 0 Å². The number of methoxy groups -OCH3 is 1. The number of rotatable bonds is 5. The van der Waals surface area contributed by atoms with Crippen molar-refractivity contribution < 1.29 is 14.3 Å². The van der Waals surface area contributed by atoms with Gasteiger partial charge in [0.15, 0.2) is 0 Å². The maximum atomic E-state index is 11.4. The second-order valence-corrected chi connectivity index (χ2v) is 2.95. The molecule has 0 N–H and O–H groups in total. The lowest BCUT2D eigenvalue weighted by atomic mass is 10.1. The van der Waals surface area contributed by atoms with Gasteiger partial charge >= 0.3 is 5.97 Å². The molecule has 0 aliphatic carbocycles. The second-order valence-electron chi connectivity index (χ2n) is 2.95. The molecule has 0 atom stereocenters. The van der Waals surface area contributed by atoms with Crippen LogP contribution in [0.1, 0.15) is 15.9 Å². The molecule has 0 aliphatic heterocycles. The first kappa shape index (κ1) is 11.5. The van der Waals surface area contributed by atoms with Gasteiger partial charge in [0.1, 0.15) is 0 Å². The Morgan fingerprint density at radius 1 is 1.47 bits per heavy atom. The third-order valence-corrected chi connectivity index (χ3v) is 1.92. The standard InChI is InChI=1S/C12H14O3/c1-3-8-15-9-10-6-4-5-7-11(10)12(13)14-2/h3-7H,1,8-9H2,2H3. The van der Waals surface area contributed by atoms with Gasteiger partial charge in [-0.25, -0.2) is 4.79 Å². The molecule has 0 amide bonds. The van der Waals surface area contributed by atoms with E-state index in [4.69, 9.17) is 4.74 Å². The Kier molecular flexibility index (Phi) is 4.57. The molecular weight excluding hydrogens is 192 g/mol. The third-order valence-electron chi connectivity index (χ3n) is 1.92. The number of benzene rings is 1. The minimum absolute atomic E-state index is 0.340. The second kappa shape index (κ2) is 5.98. The van der Waals surface area contributed by atoms with E-state index in [2.05, 4.69) is 11.3 Å². The van der Waals surface area contributed by atoms with Crippen molar-refractivity contribution in [3.05, 3.63) is 48.0 Å². The first-order valence-electron chi connectivity index (χ1n) is 4.64. The monoisotopic (exact) mass is 206 g/mol. The molecular formula is C12H14O3. The summed E-state index contributed by atoms with van der Waals surface area (Å²) in [7, 11) is 1.36. The number of hydrogen-bond acceptors (Lipinski definition) is 3. The van der Waals surface area contributed by atoms with E-state index in [9.17, 15) is 4.79 Å². The van der Waals surface area contributed by atoms with Crippen LogP contribution in [0.4, 0.5) is 0 Å². The Bertz CT molecular complexity index is 344. The van der Waals surface area contributed by atoms with Crippen molar-refractivity contribution in [2.75, 3.05) is 13.7 Å². The molecule has 0 saturated carbocycles. The van der Waals surface area contributed by atoms with Crippen LogP contribution in [0.2, 0.25) is 0 Å². The molecule has 0 fully saturated rings. The summed E-state index contributed by atoms with van der Waals surface area (Å²) in [5.74, 6) is -0.340. The van der Waals surface area contributed by atoms with Crippen molar-refractivity contribution in [1.29, 1.82) is 0 Å². The van der Waals surface area contributed by atoms with Gasteiger partial charge < -0.3 is 9.47 Å². The van der Waals surface area contributed by atoms with Crippen LogP contribution in [0.15, 0.2) is 36.9 Å². The predicted molar refractivity (Wildman–Crippen MR) is 57.6 cm³/mol. The minimum Gasteiger partial charge on any atom is -0.465 e. The van der Waals surface area contributed by atoms with Gasteiger partial charge in [-0.1, -0.05) is 24.3 Å². The predicted octanol–water partition coefficient (Wildman–Crippen LogP) is 2.18. The van der Waals surface area contributed by atoms with Crippen molar-refractivity contribution in [3.8, 4) is 0 Å². The molecule has 0 saturated heterocycles. The highest BCUT2D eigenvalue weighted by molar-refractivity contribution is 5.90. The van der Waals surface area contributed by atoms with E-state index in [1.54, 1.807) is 18.2 Å². The topological polar surface area (TPSA) is 35.5 Å². The summed E-state index contributed by atoms with van der Waals surface area (Å²) in [4.78, 5) is 11.4. The number of ether oxygens (including phenoxy) is 2. The first-order chi connectivity index (χ1) is 7.29. The summed E-state index contributed by atoms with van der Waals surface area (Å²) in [5.41, 5.74) is 1.37. The summed E-state index contributed by atoms with van der Waals surface area (Å²) in [5, 5.41) is 0. The van der Waals surface area contributed by atoms with Gasteiger partial charge in [-0.2, -0.15) is 0 Å². The van der Waals surface area contributed by atoms with E-state index in [1.165, 1.54) is 7.11 Å². The van der Waals surface area contributed by atoms with Gasteiger partial charge in [0.25, 0.3) is 0 Å². The maximum absolute atomic E-state index is 11.4. The Hall–Kier alpha value is -1.61. The Morgan fingerprint density at radius 2 is 2.20 bits per heavy atom. The molecule has 0 aromatic heterocycles. The fourth-order valence-electron chi connectivity index (χ4n) is 1.21. The van der Waals surface area contributed by atoms with Gasteiger partial charge in [0.2, 0.25) is 0 Å². The summed E-state index contributed by atoms with van der Waals surface area (Å²) in [6.45, 7) is 4.40. The molecule has 0 unspecified atom stereocenters. The fraction of sp³-hybridized carbons (Fsp3) is 0.250. The van der Waals surface area contributed by atoms with Crippen LogP contribution in [0.25, 0.3) is 0 Å². The quantitative estimate of drug-likeness (QED) is 0.421. The van der Waals surface area contributed by atoms with Crippen LogP contribution in [0.3, 0.4) is 0 Å². The molecule has 15 heavy (non-hydrogen) atoms. The normalized spacial score (nSPS) is 9.67. The minimum atomic E-state index is -0.340. The lowest BCUT2D eigenvalue weighted by molar-refractivity contribution is 0.0594. The lowest BCUT2D eigenvalue weighted by Gasteiger charge is -2.07. The van der Waals surface area contributed by atoms with Crippen LogP contribution < -0.4 is 0 Å². The highest BCUT2D eigenvalue weighted by Gasteiger charge is 2.10. The molecule has 0 heterocycles. The molecule has 0 spiro atoms. The first-order valence-corrected chi connectivity index (χ1v) is 4.64. The van der Waals surface area contributed by atoms with E-state index in [-0.39, 0.29) is 5.97 Å². The summed E-state index contributed by atoms with van der Waals surface area (Å²) >= 11 is 0.